The van der Waals surface area contributed by atoms with E-state index < -0.39 is 10.0 Å². The van der Waals surface area contributed by atoms with Crippen molar-refractivity contribution < 1.29 is 8.42 Å². The molecular formula is C16H26N2O2S. The maximum atomic E-state index is 12.5. The first-order valence-corrected chi connectivity index (χ1v) is 9.07. The topological polar surface area (TPSA) is 58.2 Å². The van der Waals surface area contributed by atoms with Crippen LogP contribution in [0.4, 0.5) is 0 Å². The summed E-state index contributed by atoms with van der Waals surface area (Å²) in [4.78, 5) is 0.404. The highest BCUT2D eigenvalue weighted by atomic mass is 32.2. The molecule has 5 heteroatoms. The Morgan fingerprint density at radius 3 is 2.57 bits per heavy atom. The summed E-state index contributed by atoms with van der Waals surface area (Å²) in [5.74, 6) is 0. The smallest absolute Gasteiger partial charge is 0.241 e. The molecule has 0 saturated heterocycles. The standard InChI is InChI=1S/C16H26N2O2S/c1-5-8-17-11-13-7-6-12(2)14(9-13)21(19,20)18-15-10-16(15,3)4/h6-7,9,15,17-18H,5,8,10-11H2,1-4H3. The molecule has 1 saturated carbocycles. The molecule has 1 aliphatic rings. The summed E-state index contributed by atoms with van der Waals surface area (Å²) in [6.07, 6.45) is 1.97. The van der Waals surface area contributed by atoms with Gasteiger partial charge in [0.05, 0.1) is 4.90 Å². The summed E-state index contributed by atoms with van der Waals surface area (Å²) in [5.41, 5.74) is 1.88. The van der Waals surface area contributed by atoms with Crippen LogP contribution in [0.1, 0.15) is 44.7 Å². The summed E-state index contributed by atoms with van der Waals surface area (Å²) in [6, 6.07) is 5.72. The van der Waals surface area contributed by atoms with Gasteiger partial charge in [0.2, 0.25) is 10.0 Å². The highest BCUT2D eigenvalue weighted by molar-refractivity contribution is 7.89. The van der Waals surface area contributed by atoms with Crippen LogP contribution in [0.25, 0.3) is 0 Å². The van der Waals surface area contributed by atoms with Crippen molar-refractivity contribution >= 4 is 10.0 Å². The Balaban J connectivity index is 2.15. The molecule has 0 heterocycles. The second kappa shape index (κ2) is 6.07. The van der Waals surface area contributed by atoms with Crippen molar-refractivity contribution in [3.8, 4) is 0 Å². The number of nitrogens with one attached hydrogen (secondary N) is 2. The largest absolute Gasteiger partial charge is 0.313 e. The van der Waals surface area contributed by atoms with E-state index in [1.54, 1.807) is 6.07 Å². The average Bonchev–Trinajstić information content (AvgIpc) is 2.97. The molecule has 0 aromatic heterocycles. The normalized spacial score (nSPS) is 20.5. The molecule has 118 valence electrons. The van der Waals surface area contributed by atoms with Gasteiger partial charge in [-0.25, -0.2) is 13.1 Å². The Morgan fingerprint density at radius 2 is 2.00 bits per heavy atom. The summed E-state index contributed by atoms with van der Waals surface area (Å²) in [5, 5.41) is 3.30. The van der Waals surface area contributed by atoms with Crippen molar-refractivity contribution in [1.82, 2.24) is 10.0 Å². The fourth-order valence-electron chi connectivity index (χ4n) is 2.37. The van der Waals surface area contributed by atoms with Gasteiger partial charge in [-0.1, -0.05) is 32.9 Å². The number of hydrogen-bond donors (Lipinski definition) is 2. The molecule has 1 aromatic rings. The number of rotatable bonds is 7. The molecule has 1 atom stereocenters. The first-order chi connectivity index (χ1) is 9.76. The molecule has 0 bridgehead atoms. The minimum Gasteiger partial charge on any atom is -0.313 e. The Labute approximate surface area is 128 Å². The van der Waals surface area contributed by atoms with E-state index in [0.717, 1.165) is 30.5 Å². The van der Waals surface area contributed by atoms with Gasteiger partial charge in [-0.05, 0) is 48.9 Å². The zero-order valence-electron chi connectivity index (χ0n) is 13.4. The van der Waals surface area contributed by atoms with Crippen LogP contribution in [-0.4, -0.2) is 21.0 Å². The highest BCUT2D eigenvalue weighted by Gasteiger charge is 2.48. The van der Waals surface area contributed by atoms with Crippen LogP contribution in [0.15, 0.2) is 23.1 Å². The van der Waals surface area contributed by atoms with Crippen LogP contribution in [-0.2, 0) is 16.6 Å². The van der Waals surface area contributed by atoms with Crippen LogP contribution < -0.4 is 10.0 Å². The minimum absolute atomic E-state index is 0.0590. The predicted molar refractivity (Wildman–Crippen MR) is 85.7 cm³/mol. The van der Waals surface area contributed by atoms with Gasteiger partial charge in [-0.3, -0.25) is 0 Å². The Morgan fingerprint density at radius 1 is 1.33 bits per heavy atom. The van der Waals surface area contributed by atoms with Crippen LogP contribution in [0.5, 0.6) is 0 Å². The van der Waals surface area contributed by atoms with Gasteiger partial charge >= 0.3 is 0 Å². The summed E-state index contributed by atoms with van der Waals surface area (Å²) in [7, 11) is -3.43. The molecule has 4 nitrogen and oxygen atoms in total. The van der Waals surface area contributed by atoms with Gasteiger partial charge in [-0.15, -0.1) is 0 Å². The Kier molecular flexibility index (Phi) is 4.76. The average molecular weight is 310 g/mol. The van der Waals surface area contributed by atoms with E-state index in [4.69, 9.17) is 0 Å². The van der Waals surface area contributed by atoms with Crippen LogP contribution in [0.2, 0.25) is 0 Å². The maximum absolute atomic E-state index is 12.5. The summed E-state index contributed by atoms with van der Waals surface area (Å²) >= 11 is 0. The Hall–Kier alpha value is -0.910. The van der Waals surface area contributed by atoms with Crippen molar-refractivity contribution in [3.63, 3.8) is 0 Å². The highest BCUT2D eigenvalue weighted by Crippen LogP contribution is 2.45. The van der Waals surface area contributed by atoms with Crippen molar-refractivity contribution in [1.29, 1.82) is 0 Å². The molecule has 0 radical (unpaired) electrons. The quantitative estimate of drug-likeness (QED) is 0.761. The van der Waals surface area contributed by atoms with E-state index in [2.05, 4.69) is 30.8 Å². The van der Waals surface area contributed by atoms with Crippen molar-refractivity contribution in [2.75, 3.05) is 6.54 Å². The molecule has 1 unspecified atom stereocenters. The predicted octanol–water partition coefficient (Wildman–Crippen LogP) is 2.57. The third kappa shape index (κ3) is 4.05. The zero-order valence-corrected chi connectivity index (χ0v) is 14.2. The molecule has 1 fully saturated rings. The maximum Gasteiger partial charge on any atom is 0.241 e. The number of aryl methyl sites for hydroxylation is 1. The van der Waals surface area contributed by atoms with E-state index >= 15 is 0 Å². The fraction of sp³-hybridized carbons (Fsp3) is 0.625. The van der Waals surface area contributed by atoms with Gasteiger partial charge in [0.1, 0.15) is 0 Å². The van der Waals surface area contributed by atoms with E-state index in [-0.39, 0.29) is 11.5 Å². The number of benzene rings is 1. The van der Waals surface area contributed by atoms with Gasteiger partial charge in [0, 0.05) is 12.6 Å². The lowest BCUT2D eigenvalue weighted by Crippen LogP contribution is -2.29. The van der Waals surface area contributed by atoms with Gasteiger partial charge in [0.25, 0.3) is 0 Å². The minimum atomic E-state index is -3.43. The van der Waals surface area contributed by atoms with Crippen molar-refractivity contribution in [3.05, 3.63) is 29.3 Å². The van der Waals surface area contributed by atoms with Crippen molar-refractivity contribution in [2.45, 2.75) is 58.0 Å². The monoisotopic (exact) mass is 310 g/mol. The summed E-state index contributed by atoms with van der Waals surface area (Å²) in [6.45, 7) is 9.75. The second-order valence-corrected chi connectivity index (χ2v) is 8.33. The number of hydrogen-bond acceptors (Lipinski definition) is 3. The first kappa shape index (κ1) is 16.5. The second-order valence-electron chi connectivity index (χ2n) is 6.64. The third-order valence-electron chi connectivity index (χ3n) is 4.11. The molecule has 0 aliphatic heterocycles. The molecule has 1 aromatic carbocycles. The van der Waals surface area contributed by atoms with Crippen molar-refractivity contribution in [2.24, 2.45) is 5.41 Å². The summed E-state index contributed by atoms with van der Waals surface area (Å²) < 4.78 is 27.9. The van der Waals surface area contributed by atoms with Crippen LogP contribution in [0, 0.1) is 12.3 Å². The third-order valence-corrected chi connectivity index (χ3v) is 5.72. The molecule has 1 aliphatic carbocycles. The fourth-order valence-corrected chi connectivity index (χ4v) is 4.07. The number of sulfonamides is 1. The molecule has 0 spiro atoms. The van der Waals surface area contributed by atoms with Gasteiger partial charge in [-0.2, -0.15) is 0 Å². The zero-order chi connectivity index (χ0) is 15.7. The lowest BCUT2D eigenvalue weighted by molar-refractivity contribution is 0.554. The lowest BCUT2D eigenvalue weighted by Gasteiger charge is -2.12. The van der Waals surface area contributed by atoms with E-state index in [1.807, 2.05) is 19.1 Å². The SMILES string of the molecule is CCCNCc1ccc(C)c(S(=O)(=O)NC2CC2(C)C)c1. The lowest BCUT2D eigenvalue weighted by atomic mass is 10.1. The molecule has 21 heavy (non-hydrogen) atoms. The van der Waals surface area contributed by atoms with Crippen LogP contribution >= 0.6 is 0 Å². The molecule has 0 amide bonds. The Bertz CT molecular complexity index is 609. The first-order valence-electron chi connectivity index (χ1n) is 7.59. The van der Waals surface area contributed by atoms with E-state index in [9.17, 15) is 8.42 Å². The van der Waals surface area contributed by atoms with Gasteiger partial charge in [0.15, 0.2) is 0 Å². The molecule has 2 N–H and O–H groups in total. The molecule has 2 rings (SSSR count). The van der Waals surface area contributed by atoms with Gasteiger partial charge < -0.3 is 5.32 Å². The van der Waals surface area contributed by atoms with E-state index in [0.29, 0.717) is 11.4 Å². The molecular weight excluding hydrogens is 284 g/mol. The van der Waals surface area contributed by atoms with Crippen LogP contribution in [0.3, 0.4) is 0 Å². The van der Waals surface area contributed by atoms with E-state index in [1.165, 1.54) is 0 Å².